The Morgan fingerprint density at radius 3 is 2.60 bits per heavy atom. The highest BCUT2D eigenvalue weighted by molar-refractivity contribution is 14.0. The molecule has 1 atom stereocenters. The summed E-state index contributed by atoms with van der Waals surface area (Å²) in [7, 11) is -1.44. The van der Waals surface area contributed by atoms with Crippen molar-refractivity contribution in [3.05, 3.63) is 35.6 Å². The van der Waals surface area contributed by atoms with E-state index in [9.17, 15) is 12.8 Å². The van der Waals surface area contributed by atoms with Crippen LogP contribution >= 0.6 is 24.0 Å². The quantitative estimate of drug-likeness (QED) is 0.278. The van der Waals surface area contributed by atoms with Crippen LogP contribution in [-0.4, -0.2) is 58.8 Å². The Bertz CT molecular complexity index is 667. The second-order valence-corrected chi connectivity index (χ2v) is 7.90. The molecule has 0 aromatic heterocycles. The van der Waals surface area contributed by atoms with Crippen molar-refractivity contribution in [3.8, 4) is 0 Å². The van der Waals surface area contributed by atoms with E-state index in [4.69, 9.17) is 0 Å². The predicted octanol–water partition coefficient (Wildman–Crippen LogP) is 1.43. The lowest BCUT2D eigenvalue weighted by atomic mass is 9.99. The Balaban J connectivity index is 0.00000312. The minimum atomic E-state index is -3.16. The number of benzene rings is 1. The van der Waals surface area contributed by atoms with Gasteiger partial charge in [0.05, 0.1) is 6.26 Å². The Hall–Kier alpha value is -0.940. The lowest BCUT2D eigenvalue weighted by molar-refractivity contribution is 0.460. The van der Waals surface area contributed by atoms with Gasteiger partial charge >= 0.3 is 0 Å². The number of halogens is 2. The lowest BCUT2D eigenvalue weighted by Crippen LogP contribution is -2.43. The highest BCUT2D eigenvalue weighted by Gasteiger charge is 2.24. The van der Waals surface area contributed by atoms with Gasteiger partial charge in [-0.2, -0.15) is 0 Å². The van der Waals surface area contributed by atoms with Crippen molar-refractivity contribution in [2.75, 3.05) is 39.5 Å². The van der Waals surface area contributed by atoms with Crippen molar-refractivity contribution in [2.45, 2.75) is 12.8 Å². The molecule has 2 N–H and O–H groups in total. The van der Waals surface area contributed by atoms with E-state index in [1.54, 1.807) is 7.05 Å². The van der Waals surface area contributed by atoms with E-state index in [-0.39, 0.29) is 29.8 Å². The maximum Gasteiger partial charge on any atom is 0.208 e. The van der Waals surface area contributed by atoms with Crippen LogP contribution in [0.4, 0.5) is 4.39 Å². The van der Waals surface area contributed by atoms with E-state index in [2.05, 4.69) is 19.9 Å². The maximum atomic E-state index is 13.0. The summed E-state index contributed by atoms with van der Waals surface area (Å²) in [5.41, 5.74) is 1.14. The molecule has 1 saturated heterocycles. The van der Waals surface area contributed by atoms with E-state index >= 15 is 0 Å². The van der Waals surface area contributed by atoms with E-state index in [0.717, 1.165) is 43.7 Å². The third-order valence-electron chi connectivity index (χ3n) is 4.01. The molecule has 1 unspecified atom stereocenters. The summed E-state index contributed by atoms with van der Waals surface area (Å²) in [6.45, 7) is 2.60. The number of likely N-dealkylation sites (tertiary alicyclic amines) is 1. The maximum absolute atomic E-state index is 13.0. The Morgan fingerprint density at radius 1 is 1.32 bits per heavy atom. The minimum Gasteiger partial charge on any atom is -0.355 e. The van der Waals surface area contributed by atoms with E-state index in [0.29, 0.717) is 19.0 Å². The molecule has 1 heterocycles. The van der Waals surface area contributed by atoms with Crippen molar-refractivity contribution in [1.82, 2.24) is 14.9 Å². The number of hydrogen-bond acceptors (Lipinski definition) is 3. The first-order valence-corrected chi connectivity index (χ1v) is 9.91. The standard InChI is InChI=1S/C16H25FN4O2S.HI/c1-18-16(19-8-9-20-24(2,22)23)21-10-7-14(12-21)11-13-3-5-15(17)6-4-13;/h3-6,14,20H,7-12H2,1-2H3,(H,18,19);1H. The van der Waals surface area contributed by atoms with Gasteiger partial charge in [0.1, 0.15) is 5.82 Å². The number of aliphatic imine (C=N–C) groups is 1. The predicted molar refractivity (Wildman–Crippen MR) is 109 cm³/mol. The molecule has 1 aromatic carbocycles. The Morgan fingerprint density at radius 2 is 2.00 bits per heavy atom. The van der Waals surface area contributed by atoms with E-state index in [1.807, 2.05) is 12.1 Å². The largest absolute Gasteiger partial charge is 0.355 e. The second-order valence-electron chi connectivity index (χ2n) is 6.07. The van der Waals surface area contributed by atoms with Gasteiger partial charge in [0, 0.05) is 33.2 Å². The molecular formula is C16H26FIN4O2S. The van der Waals surface area contributed by atoms with Crippen LogP contribution in [0.15, 0.2) is 29.3 Å². The fourth-order valence-electron chi connectivity index (χ4n) is 2.89. The average Bonchev–Trinajstić information content (AvgIpc) is 2.97. The zero-order chi connectivity index (χ0) is 17.6. The van der Waals surface area contributed by atoms with E-state index < -0.39 is 10.0 Å². The fourth-order valence-corrected chi connectivity index (χ4v) is 3.36. The van der Waals surface area contributed by atoms with Crippen molar-refractivity contribution in [1.29, 1.82) is 0 Å². The van der Waals surface area contributed by atoms with Crippen LogP contribution in [0.5, 0.6) is 0 Å². The summed E-state index contributed by atoms with van der Waals surface area (Å²) < 4.78 is 37.5. The highest BCUT2D eigenvalue weighted by Crippen LogP contribution is 2.21. The van der Waals surface area contributed by atoms with Crippen LogP contribution in [0.1, 0.15) is 12.0 Å². The van der Waals surface area contributed by atoms with Crippen LogP contribution in [0.2, 0.25) is 0 Å². The van der Waals surface area contributed by atoms with Gasteiger partial charge in [0.2, 0.25) is 10.0 Å². The molecule has 1 aromatic rings. The fraction of sp³-hybridized carbons (Fsp3) is 0.562. The number of nitrogens with one attached hydrogen (secondary N) is 2. The first kappa shape index (κ1) is 22.1. The summed E-state index contributed by atoms with van der Waals surface area (Å²) in [4.78, 5) is 6.44. The monoisotopic (exact) mass is 484 g/mol. The van der Waals surface area contributed by atoms with Gasteiger partial charge in [-0.3, -0.25) is 4.99 Å². The summed E-state index contributed by atoms with van der Waals surface area (Å²) in [5.74, 6) is 1.08. The van der Waals surface area contributed by atoms with Crippen molar-refractivity contribution in [3.63, 3.8) is 0 Å². The molecule has 0 aliphatic carbocycles. The third kappa shape index (κ3) is 7.87. The SMILES string of the molecule is CN=C(NCCNS(C)(=O)=O)N1CCC(Cc2ccc(F)cc2)C1.I. The second kappa shape index (κ2) is 10.3. The van der Waals surface area contributed by atoms with Gasteiger partial charge in [0.15, 0.2) is 5.96 Å². The molecule has 6 nitrogen and oxygen atoms in total. The van der Waals surface area contributed by atoms with Gasteiger partial charge in [0.25, 0.3) is 0 Å². The molecule has 1 fully saturated rings. The molecule has 25 heavy (non-hydrogen) atoms. The normalized spacial score (nSPS) is 18.1. The summed E-state index contributed by atoms with van der Waals surface area (Å²) in [6.07, 6.45) is 3.12. The van der Waals surface area contributed by atoms with Gasteiger partial charge < -0.3 is 10.2 Å². The third-order valence-corrected chi connectivity index (χ3v) is 4.74. The highest BCUT2D eigenvalue weighted by atomic mass is 127. The molecular weight excluding hydrogens is 458 g/mol. The van der Waals surface area contributed by atoms with E-state index in [1.165, 1.54) is 12.1 Å². The van der Waals surface area contributed by atoms with Crippen LogP contribution in [0.25, 0.3) is 0 Å². The molecule has 142 valence electrons. The lowest BCUT2D eigenvalue weighted by Gasteiger charge is -2.21. The summed E-state index contributed by atoms with van der Waals surface area (Å²) in [6, 6.07) is 6.67. The molecule has 9 heteroatoms. The van der Waals surface area contributed by atoms with Gasteiger partial charge in [-0.25, -0.2) is 17.5 Å². The molecule has 0 saturated carbocycles. The van der Waals surface area contributed by atoms with Crippen LogP contribution in [0.3, 0.4) is 0 Å². The Labute approximate surface area is 166 Å². The molecule has 0 radical (unpaired) electrons. The zero-order valence-electron chi connectivity index (χ0n) is 14.5. The molecule has 0 amide bonds. The number of sulfonamides is 1. The van der Waals surface area contributed by atoms with Gasteiger partial charge in [-0.15, -0.1) is 24.0 Å². The van der Waals surface area contributed by atoms with Gasteiger partial charge in [-0.1, -0.05) is 12.1 Å². The molecule has 0 bridgehead atoms. The first-order valence-electron chi connectivity index (χ1n) is 8.02. The molecule has 1 aliphatic rings. The van der Waals surface area contributed by atoms with Crippen LogP contribution in [-0.2, 0) is 16.4 Å². The van der Waals surface area contributed by atoms with Crippen molar-refractivity contribution >= 4 is 40.0 Å². The van der Waals surface area contributed by atoms with Crippen LogP contribution < -0.4 is 10.0 Å². The Kier molecular flexibility index (Phi) is 9.08. The topological polar surface area (TPSA) is 73.8 Å². The molecule has 2 rings (SSSR count). The number of guanidine groups is 1. The zero-order valence-corrected chi connectivity index (χ0v) is 17.7. The molecule has 1 aliphatic heterocycles. The van der Waals surface area contributed by atoms with Crippen molar-refractivity contribution < 1.29 is 12.8 Å². The summed E-state index contributed by atoms with van der Waals surface area (Å²) in [5, 5.41) is 3.18. The molecule has 0 spiro atoms. The summed E-state index contributed by atoms with van der Waals surface area (Å²) >= 11 is 0. The van der Waals surface area contributed by atoms with Crippen molar-refractivity contribution in [2.24, 2.45) is 10.9 Å². The number of nitrogens with zero attached hydrogens (tertiary/aromatic N) is 2. The number of rotatable bonds is 6. The minimum absolute atomic E-state index is 0. The first-order chi connectivity index (χ1) is 11.4. The average molecular weight is 484 g/mol. The van der Waals surface area contributed by atoms with Crippen LogP contribution in [0, 0.1) is 11.7 Å². The van der Waals surface area contributed by atoms with Gasteiger partial charge in [-0.05, 0) is 36.5 Å². The smallest absolute Gasteiger partial charge is 0.208 e. The number of hydrogen-bond donors (Lipinski definition) is 2.